The van der Waals surface area contributed by atoms with E-state index >= 15 is 0 Å². The Kier molecular flexibility index (Phi) is 6.83. The number of esters is 1. The van der Waals surface area contributed by atoms with E-state index < -0.39 is 0 Å². The van der Waals surface area contributed by atoms with Crippen molar-refractivity contribution >= 4 is 17.7 Å². The molecule has 0 amide bonds. The minimum atomic E-state index is -0.187. The van der Waals surface area contributed by atoms with Crippen LogP contribution in [0.25, 0.3) is 0 Å². The molecule has 0 fully saturated rings. The quantitative estimate of drug-likeness (QED) is 0.567. The Morgan fingerprint density at radius 3 is 2.68 bits per heavy atom. The van der Waals surface area contributed by atoms with Crippen molar-refractivity contribution in [3.05, 3.63) is 29.8 Å². The fourth-order valence-corrected chi connectivity index (χ4v) is 2.25. The fraction of sp³-hybridized carbons (Fsp3) is 0.429. The first-order chi connectivity index (χ1) is 9.15. The molecule has 0 aliphatic rings. The van der Waals surface area contributed by atoms with E-state index in [1.165, 1.54) is 7.11 Å². The highest BCUT2D eigenvalue weighted by Crippen LogP contribution is 2.16. The molecular formula is C14H17NO3S. The predicted octanol–water partition coefficient (Wildman–Crippen LogP) is 2.62. The number of thioether (sulfide) groups is 1. The fourth-order valence-electron chi connectivity index (χ4n) is 1.41. The topological polar surface area (TPSA) is 59.3 Å². The molecule has 0 heterocycles. The van der Waals surface area contributed by atoms with Crippen molar-refractivity contribution in [1.82, 2.24) is 0 Å². The summed E-state index contributed by atoms with van der Waals surface area (Å²) in [6, 6.07) is 9.06. The summed E-state index contributed by atoms with van der Waals surface area (Å²) in [5.74, 6) is 1.37. The zero-order valence-electron chi connectivity index (χ0n) is 11.1. The van der Waals surface area contributed by atoms with E-state index in [4.69, 9.17) is 10.00 Å². The molecule has 5 heteroatoms. The average Bonchev–Trinajstić information content (AvgIpc) is 2.44. The summed E-state index contributed by atoms with van der Waals surface area (Å²) >= 11 is 1.67. The summed E-state index contributed by atoms with van der Waals surface area (Å²) < 4.78 is 10.1. The van der Waals surface area contributed by atoms with Crippen LogP contribution in [0.2, 0.25) is 0 Å². The third kappa shape index (κ3) is 6.16. The highest BCUT2D eigenvalue weighted by molar-refractivity contribution is 7.99. The van der Waals surface area contributed by atoms with Crippen LogP contribution in [0, 0.1) is 11.3 Å². The van der Waals surface area contributed by atoms with Gasteiger partial charge in [0, 0.05) is 11.0 Å². The van der Waals surface area contributed by atoms with Crippen LogP contribution in [0.5, 0.6) is 5.75 Å². The molecule has 1 atom stereocenters. The van der Waals surface area contributed by atoms with Gasteiger partial charge in [0.1, 0.15) is 5.75 Å². The van der Waals surface area contributed by atoms with Gasteiger partial charge in [0.15, 0.2) is 0 Å². The van der Waals surface area contributed by atoms with Gasteiger partial charge in [-0.25, -0.2) is 0 Å². The van der Waals surface area contributed by atoms with Gasteiger partial charge in [-0.2, -0.15) is 17.0 Å². The van der Waals surface area contributed by atoms with Crippen molar-refractivity contribution in [1.29, 1.82) is 5.26 Å². The molecule has 0 aliphatic heterocycles. The molecule has 0 saturated carbocycles. The van der Waals surface area contributed by atoms with Gasteiger partial charge in [-0.3, -0.25) is 4.79 Å². The zero-order chi connectivity index (χ0) is 14.1. The number of nitrogens with zero attached hydrogens (tertiary/aromatic N) is 1. The third-order valence-electron chi connectivity index (χ3n) is 2.42. The largest absolute Gasteiger partial charge is 0.493 e. The third-order valence-corrected chi connectivity index (χ3v) is 3.56. The Morgan fingerprint density at radius 2 is 2.11 bits per heavy atom. The molecule has 1 unspecified atom stereocenters. The molecule has 102 valence electrons. The highest BCUT2D eigenvalue weighted by atomic mass is 32.2. The lowest BCUT2D eigenvalue weighted by molar-refractivity contribution is -0.140. The number of hydrogen-bond acceptors (Lipinski definition) is 5. The second kappa shape index (κ2) is 8.44. The van der Waals surface area contributed by atoms with Crippen LogP contribution in [0.1, 0.15) is 18.9 Å². The molecule has 0 saturated heterocycles. The lowest BCUT2D eigenvalue weighted by atomic mass is 10.2. The van der Waals surface area contributed by atoms with Crippen molar-refractivity contribution in [2.24, 2.45) is 0 Å². The lowest BCUT2D eigenvalue weighted by Gasteiger charge is -2.10. The van der Waals surface area contributed by atoms with Crippen LogP contribution in [-0.2, 0) is 9.53 Å². The first-order valence-corrected chi connectivity index (χ1v) is 7.02. The molecule has 1 aromatic carbocycles. The second-order valence-electron chi connectivity index (χ2n) is 3.95. The van der Waals surface area contributed by atoms with Gasteiger partial charge in [-0.1, -0.05) is 6.92 Å². The van der Waals surface area contributed by atoms with Gasteiger partial charge in [-0.15, -0.1) is 0 Å². The minimum Gasteiger partial charge on any atom is -0.493 e. The maximum absolute atomic E-state index is 11.0. The van der Waals surface area contributed by atoms with Crippen LogP contribution < -0.4 is 4.74 Å². The summed E-state index contributed by atoms with van der Waals surface area (Å²) in [5.41, 5.74) is 0.619. The van der Waals surface area contributed by atoms with E-state index in [1.54, 1.807) is 36.0 Å². The Labute approximate surface area is 117 Å². The monoisotopic (exact) mass is 279 g/mol. The Morgan fingerprint density at radius 1 is 1.42 bits per heavy atom. The molecule has 0 aromatic heterocycles. The second-order valence-corrected chi connectivity index (χ2v) is 5.49. The van der Waals surface area contributed by atoms with Crippen molar-refractivity contribution in [3.8, 4) is 11.8 Å². The first kappa shape index (κ1) is 15.4. The average molecular weight is 279 g/mol. The number of benzene rings is 1. The summed E-state index contributed by atoms with van der Waals surface area (Å²) in [6.45, 7) is 2.56. The molecule has 0 spiro atoms. The molecule has 0 N–H and O–H groups in total. The van der Waals surface area contributed by atoms with Crippen molar-refractivity contribution in [2.45, 2.75) is 18.6 Å². The van der Waals surface area contributed by atoms with E-state index in [9.17, 15) is 4.79 Å². The SMILES string of the molecule is COC(=O)CC(C)SCCOc1ccc(C#N)cc1. The van der Waals surface area contributed by atoms with Crippen LogP contribution >= 0.6 is 11.8 Å². The van der Waals surface area contributed by atoms with E-state index in [0.29, 0.717) is 18.6 Å². The number of carbonyl (C=O) groups excluding carboxylic acids is 1. The molecule has 19 heavy (non-hydrogen) atoms. The van der Waals surface area contributed by atoms with Crippen molar-refractivity contribution < 1.29 is 14.3 Å². The summed E-state index contributed by atoms with van der Waals surface area (Å²) in [4.78, 5) is 11.0. The molecule has 1 rings (SSSR count). The zero-order valence-corrected chi connectivity index (χ0v) is 11.9. The highest BCUT2D eigenvalue weighted by Gasteiger charge is 2.09. The summed E-state index contributed by atoms with van der Waals surface area (Å²) in [6.07, 6.45) is 0.415. The van der Waals surface area contributed by atoms with E-state index in [2.05, 4.69) is 10.8 Å². The standard InChI is InChI=1S/C14H17NO3S/c1-11(9-14(16)17-2)19-8-7-18-13-5-3-12(10-15)4-6-13/h3-6,11H,7-9H2,1-2H3. The summed E-state index contributed by atoms with van der Waals surface area (Å²) in [7, 11) is 1.40. The van der Waals surface area contributed by atoms with Gasteiger partial charge in [-0.05, 0) is 24.3 Å². The number of nitriles is 1. The number of hydrogen-bond donors (Lipinski definition) is 0. The number of methoxy groups -OCH3 is 1. The number of rotatable bonds is 7. The molecular weight excluding hydrogens is 262 g/mol. The summed E-state index contributed by atoms with van der Waals surface area (Å²) in [5, 5.41) is 8.88. The normalized spacial score (nSPS) is 11.4. The van der Waals surface area contributed by atoms with Crippen LogP contribution in [-0.4, -0.2) is 30.7 Å². The maximum Gasteiger partial charge on any atom is 0.306 e. The van der Waals surface area contributed by atoms with Gasteiger partial charge in [0.2, 0.25) is 0 Å². The Hall–Kier alpha value is -1.67. The van der Waals surface area contributed by atoms with E-state index in [1.807, 2.05) is 6.92 Å². The smallest absolute Gasteiger partial charge is 0.306 e. The molecule has 4 nitrogen and oxygen atoms in total. The maximum atomic E-state index is 11.0. The predicted molar refractivity (Wildman–Crippen MR) is 75.2 cm³/mol. The van der Waals surface area contributed by atoms with Crippen molar-refractivity contribution in [2.75, 3.05) is 19.5 Å². The minimum absolute atomic E-state index is 0.187. The van der Waals surface area contributed by atoms with Crippen molar-refractivity contribution in [3.63, 3.8) is 0 Å². The van der Waals surface area contributed by atoms with Gasteiger partial charge >= 0.3 is 5.97 Å². The molecule has 0 aliphatic carbocycles. The first-order valence-electron chi connectivity index (χ1n) is 5.97. The van der Waals surface area contributed by atoms with E-state index in [0.717, 1.165) is 11.5 Å². The molecule has 1 aromatic rings. The number of ether oxygens (including phenoxy) is 2. The molecule has 0 bridgehead atoms. The van der Waals surface area contributed by atoms with E-state index in [-0.39, 0.29) is 11.2 Å². The lowest BCUT2D eigenvalue weighted by Crippen LogP contribution is -2.11. The van der Waals surface area contributed by atoms with Crippen LogP contribution in [0.4, 0.5) is 0 Å². The Balaban J connectivity index is 2.20. The number of carbonyl (C=O) groups is 1. The van der Waals surface area contributed by atoms with Crippen LogP contribution in [0.3, 0.4) is 0 Å². The Bertz CT molecular complexity index is 439. The van der Waals surface area contributed by atoms with Crippen LogP contribution in [0.15, 0.2) is 24.3 Å². The van der Waals surface area contributed by atoms with Gasteiger partial charge in [0.25, 0.3) is 0 Å². The van der Waals surface area contributed by atoms with Gasteiger partial charge in [0.05, 0.1) is 31.8 Å². The molecule has 0 radical (unpaired) electrons. The van der Waals surface area contributed by atoms with Gasteiger partial charge < -0.3 is 9.47 Å².